The zero-order chi connectivity index (χ0) is 21.7. The molecule has 2 aliphatic rings. The maximum Gasteiger partial charge on any atom is 0.265 e. The van der Waals surface area contributed by atoms with Crippen molar-refractivity contribution in [2.24, 2.45) is 0 Å². The summed E-state index contributed by atoms with van der Waals surface area (Å²) in [6.07, 6.45) is 1.10. The van der Waals surface area contributed by atoms with E-state index in [9.17, 15) is 13.2 Å². The van der Waals surface area contributed by atoms with E-state index in [0.29, 0.717) is 24.5 Å². The number of amides is 1. The number of carbonyl (C=O) groups is 1. The van der Waals surface area contributed by atoms with E-state index < -0.39 is 16.1 Å². The molecule has 1 amide bonds. The minimum atomic E-state index is -3.56. The Hall–Kier alpha value is -2.54. The smallest absolute Gasteiger partial charge is 0.265 e. The number of hydrogen-bond donors (Lipinski definition) is 0. The van der Waals surface area contributed by atoms with Gasteiger partial charge in [0.25, 0.3) is 5.91 Å². The van der Waals surface area contributed by atoms with Crippen LogP contribution in [0, 0.1) is 0 Å². The Morgan fingerprint density at radius 1 is 1.10 bits per heavy atom. The van der Waals surface area contributed by atoms with Crippen molar-refractivity contribution in [1.82, 2.24) is 4.90 Å². The molecule has 0 N–H and O–H groups in total. The predicted molar refractivity (Wildman–Crippen MR) is 117 cm³/mol. The molecule has 7 heteroatoms. The molecular formula is C23H28N2O4S. The number of rotatable bonds is 2. The van der Waals surface area contributed by atoms with Crippen LogP contribution in [0.2, 0.25) is 0 Å². The van der Waals surface area contributed by atoms with E-state index in [4.69, 9.17) is 4.74 Å². The molecule has 0 spiro atoms. The van der Waals surface area contributed by atoms with E-state index >= 15 is 0 Å². The number of carbonyl (C=O) groups excluding carboxylic acids is 1. The van der Waals surface area contributed by atoms with E-state index in [1.54, 1.807) is 11.0 Å². The Balaban J connectivity index is 1.63. The first-order valence-electron chi connectivity index (χ1n) is 10.2. The van der Waals surface area contributed by atoms with Gasteiger partial charge in [0.05, 0.1) is 18.5 Å². The van der Waals surface area contributed by atoms with Gasteiger partial charge in [-0.05, 0) is 40.7 Å². The molecule has 2 aliphatic heterocycles. The van der Waals surface area contributed by atoms with Crippen LogP contribution in [-0.4, -0.2) is 44.7 Å². The highest BCUT2D eigenvalue weighted by atomic mass is 32.2. The minimum absolute atomic E-state index is 0.0175. The summed E-state index contributed by atoms with van der Waals surface area (Å²) in [5.74, 6) is 0.249. The van der Waals surface area contributed by atoms with Crippen molar-refractivity contribution in [3.63, 3.8) is 0 Å². The number of fused-ring (bicyclic) bond motifs is 2. The van der Waals surface area contributed by atoms with E-state index in [1.165, 1.54) is 16.1 Å². The monoisotopic (exact) mass is 428 g/mol. The Kier molecular flexibility index (Phi) is 5.04. The summed E-state index contributed by atoms with van der Waals surface area (Å²) in [5, 5.41) is 0. The highest BCUT2D eigenvalue weighted by Gasteiger charge is 2.38. The van der Waals surface area contributed by atoms with E-state index in [2.05, 4.69) is 26.8 Å². The Morgan fingerprint density at radius 3 is 2.47 bits per heavy atom. The third kappa shape index (κ3) is 3.90. The largest absolute Gasteiger partial charge is 0.476 e. The van der Waals surface area contributed by atoms with Crippen LogP contribution in [-0.2, 0) is 33.2 Å². The number of sulfonamides is 1. The van der Waals surface area contributed by atoms with Gasteiger partial charge in [0.15, 0.2) is 6.10 Å². The highest BCUT2D eigenvalue weighted by Crippen LogP contribution is 2.39. The highest BCUT2D eigenvalue weighted by molar-refractivity contribution is 7.92. The number of anilines is 1. The van der Waals surface area contributed by atoms with Gasteiger partial charge in [0.2, 0.25) is 10.0 Å². The quantitative estimate of drug-likeness (QED) is 0.737. The van der Waals surface area contributed by atoms with Gasteiger partial charge in [-0.15, -0.1) is 0 Å². The van der Waals surface area contributed by atoms with E-state index in [0.717, 1.165) is 17.5 Å². The van der Waals surface area contributed by atoms with Gasteiger partial charge < -0.3 is 9.64 Å². The summed E-state index contributed by atoms with van der Waals surface area (Å²) >= 11 is 0. The number of ether oxygens (including phenoxy) is 1. The maximum atomic E-state index is 13.3. The van der Waals surface area contributed by atoms with Crippen LogP contribution < -0.4 is 9.04 Å². The third-order valence-electron chi connectivity index (χ3n) is 5.81. The molecule has 160 valence electrons. The molecule has 0 unspecified atom stereocenters. The lowest BCUT2D eigenvalue weighted by molar-refractivity contribution is -0.139. The summed E-state index contributed by atoms with van der Waals surface area (Å²) in [6.45, 7) is 7.32. The van der Waals surface area contributed by atoms with Crippen molar-refractivity contribution in [1.29, 1.82) is 0 Å². The molecule has 30 heavy (non-hydrogen) atoms. The van der Waals surface area contributed by atoms with Crippen molar-refractivity contribution in [2.45, 2.75) is 45.3 Å². The van der Waals surface area contributed by atoms with Crippen molar-refractivity contribution in [2.75, 3.05) is 23.7 Å². The van der Waals surface area contributed by atoms with Gasteiger partial charge in [-0.2, -0.15) is 0 Å². The molecule has 0 fully saturated rings. The molecule has 0 bridgehead atoms. The molecule has 4 rings (SSSR count). The lowest BCUT2D eigenvalue weighted by Gasteiger charge is -2.38. The Bertz CT molecular complexity index is 1090. The second-order valence-corrected chi connectivity index (χ2v) is 11.0. The normalized spacial score (nSPS) is 19.0. The second-order valence-electron chi connectivity index (χ2n) is 9.11. The molecule has 0 radical (unpaired) electrons. The first-order chi connectivity index (χ1) is 14.0. The van der Waals surface area contributed by atoms with Crippen molar-refractivity contribution in [3.8, 4) is 5.75 Å². The van der Waals surface area contributed by atoms with Crippen LogP contribution in [0.15, 0.2) is 42.5 Å². The van der Waals surface area contributed by atoms with Crippen LogP contribution in [0.25, 0.3) is 0 Å². The molecule has 1 atom stereocenters. The van der Waals surface area contributed by atoms with Crippen LogP contribution >= 0.6 is 0 Å². The SMILES string of the molecule is CC(C)(C)c1ccc2c(c1)N(S(C)(=O)=O)C[C@@H](C(=O)N1CCc3ccccc3C1)O2. The van der Waals surface area contributed by atoms with Crippen molar-refractivity contribution < 1.29 is 17.9 Å². The molecule has 2 heterocycles. The third-order valence-corrected chi connectivity index (χ3v) is 6.96. The first kappa shape index (κ1) is 20.7. The first-order valence-corrected chi connectivity index (χ1v) is 12.0. The van der Waals surface area contributed by atoms with Gasteiger partial charge in [0, 0.05) is 13.1 Å². The molecular weight excluding hydrogens is 400 g/mol. The maximum absolute atomic E-state index is 13.3. The summed E-state index contributed by atoms with van der Waals surface area (Å²) in [5.41, 5.74) is 3.76. The molecule has 6 nitrogen and oxygen atoms in total. The molecule has 0 saturated carbocycles. The van der Waals surface area contributed by atoms with Gasteiger partial charge >= 0.3 is 0 Å². The number of benzene rings is 2. The van der Waals surface area contributed by atoms with Gasteiger partial charge in [-0.1, -0.05) is 51.1 Å². The van der Waals surface area contributed by atoms with E-state index in [1.807, 2.05) is 30.3 Å². The van der Waals surface area contributed by atoms with Crippen LogP contribution in [0.1, 0.15) is 37.5 Å². The molecule has 2 aromatic rings. The van der Waals surface area contributed by atoms with E-state index in [-0.39, 0.29) is 17.9 Å². The topological polar surface area (TPSA) is 66.9 Å². The molecule has 2 aromatic carbocycles. The standard InChI is InChI=1S/C23H28N2O4S/c1-23(2,3)18-9-10-20-19(13-18)25(30(4,27)28)15-21(29-20)22(26)24-12-11-16-7-5-6-8-17(16)14-24/h5-10,13,21H,11-12,14-15H2,1-4H3/t21-/m0/s1. The fraction of sp³-hybridized carbons (Fsp3) is 0.435. The van der Waals surface area contributed by atoms with Crippen molar-refractivity contribution in [3.05, 3.63) is 59.2 Å². The average Bonchev–Trinajstić information content (AvgIpc) is 2.70. The summed E-state index contributed by atoms with van der Waals surface area (Å²) in [4.78, 5) is 15.0. The summed E-state index contributed by atoms with van der Waals surface area (Å²) in [6, 6.07) is 13.7. The lowest BCUT2D eigenvalue weighted by atomic mass is 9.86. The van der Waals surface area contributed by atoms with Crippen LogP contribution in [0.4, 0.5) is 5.69 Å². The Labute approximate surface area is 178 Å². The Morgan fingerprint density at radius 2 is 1.80 bits per heavy atom. The minimum Gasteiger partial charge on any atom is -0.476 e. The predicted octanol–water partition coefficient (Wildman–Crippen LogP) is 3.10. The molecule has 0 aliphatic carbocycles. The summed E-state index contributed by atoms with van der Waals surface area (Å²) in [7, 11) is -3.56. The summed E-state index contributed by atoms with van der Waals surface area (Å²) < 4.78 is 32.5. The van der Waals surface area contributed by atoms with Crippen molar-refractivity contribution >= 4 is 21.6 Å². The van der Waals surface area contributed by atoms with Gasteiger partial charge in [0.1, 0.15) is 5.75 Å². The zero-order valence-electron chi connectivity index (χ0n) is 17.9. The second kappa shape index (κ2) is 7.30. The lowest BCUT2D eigenvalue weighted by Crippen LogP contribution is -2.52. The fourth-order valence-corrected chi connectivity index (χ4v) is 4.95. The van der Waals surface area contributed by atoms with Gasteiger partial charge in [-0.25, -0.2) is 8.42 Å². The van der Waals surface area contributed by atoms with Gasteiger partial charge in [-0.3, -0.25) is 9.10 Å². The fourth-order valence-electron chi connectivity index (χ4n) is 4.05. The molecule has 0 aromatic heterocycles. The number of hydrogen-bond acceptors (Lipinski definition) is 4. The molecule has 0 saturated heterocycles. The number of nitrogens with zero attached hydrogens (tertiary/aromatic N) is 2. The van der Waals surface area contributed by atoms with Crippen LogP contribution in [0.5, 0.6) is 5.75 Å². The average molecular weight is 429 g/mol. The zero-order valence-corrected chi connectivity index (χ0v) is 18.7. The van der Waals surface area contributed by atoms with Crippen LogP contribution in [0.3, 0.4) is 0 Å².